The van der Waals surface area contributed by atoms with Gasteiger partial charge in [0.15, 0.2) is 0 Å². The number of nitrogens with one attached hydrogen (secondary N) is 1. The number of imide groups is 1. The summed E-state index contributed by atoms with van der Waals surface area (Å²) in [5, 5.41) is 1.08. The van der Waals surface area contributed by atoms with E-state index in [0.29, 0.717) is 26.0 Å². The lowest BCUT2D eigenvalue weighted by Crippen LogP contribution is -2.53. The van der Waals surface area contributed by atoms with Crippen LogP contribution in [0, 0.1) is 0 Å². The number of carbonyl (C=O) groups excluding carboxylic acids is 2. The van der Waals surface area contributed by atoms with Gasteiger partial charge in [-0.15, -0.1) is 0 Å². The first-order valence-electron chi connectivity index (χ1n) is 14.2. The molecule has 3 aromatic rings. The van der Waals surface area contributed by atoms with Gasteiger partial charge in [-0.1, -0.05) is 43.2 Å². The first-order valence-corrected chi connectivity index (χ1v) is 14.2. The highest BCUT2D eigenvalue weighted by Crippen LogP contribution is 2.47. The summed E-state index contributed by atoms with van der Waals surface area (Å²) in [5.74, 6) is 0.748. The van der Waals surface area contributed by atoms with E-state index in [-0.39, 0.29) is 18.0 Å². The Morgan fingerprint density at radius 3 is 2.50 bits per heavy atom. The maximum Gasteiger partial charge on any atom is 0.328 e. The molecule has 1 N–H and O–H groups in total. The molecule has 3 amide bonds. The molecular weight excluding hydrogens is 476 g/mol. The number of aromatic amines is 1. The zero-order valence-electron chi connectivity index (χ0n) is 22.5. The molecule has 4 heterocycles. The van der Waals surface area contributed by atoms with E-state index < -0.39 is 5.54 Å². The standard InChI is InChI=1S/C31H38N4O3/c1-3-38-23-13-14-26-24(20-23)25-21-31(2)29(36)34(18-17-33-15-9-4-5-10-16-33)30(37)35(31)27(28(25)32-26)19-22-11-7-6-8-12-22/h6-8,11-14,20,27,32H,3-5,9-10,15-19,21H2,1-2H3/t27?,31-/m0/s1. The molecule has 0 radical (unpaired) electrons. The minimum Gasteiger partial charge on any atom is -0.494 e. The summed E-state index contributed by atoms with van der Waals surface area (Å²) in [4.78, 5) is 37.6. The van der Waals surface area contributed by atoms with Gasteiger partial charge in [-0.3, -0.25) is 9.69 Å². The molecule has 1 unspecified atom stereocenters. The molecule has 2 aromatic carbocycles. The monoisotopic (exact) mass is 514 g/mol. The van der Waals surface area contributed by atoms with Crippen molar-refractivity contribution in [2.24, 2.45) is 0 Å². The highest BCUT2D eigenvalue weighted by molar-refractivity contribution is 6.08. The summed E-state index contributed by atoms with van der Waals surface area (Å²) < 4.78 is 5.80. The lowest BCUT2D eigenvalue weighted by Gasteiger charge is -2.42. The van der Waals surface area contributed by atoms with Crippen LogP contribution >= 0.6 is 0 Å². The predicted molar refractivity (Wildman–Crippen MR) is 148 cm³/mol. The number of H-pyrrole nitrogens is 1. The fourth-order valence-corrected chi connectivity index (χ4v) is 6.74. The molecule has 0 aliphatic carbocycles. The maximum absolute atomic E-state index is 14.1. The van der Waals surface area contributed by atoms with E-state index in [2.05, 4.69) is 28.1 Å². The first kappa shape index (κ1) is 25.0. The van der Waals surface area contributed by atoms with Crippen molar-refractivity contribution < 1.29 is 14.3 Å². The van der Waals surface area contributed by atoms with Gasteiger partial charge in [0, 0.05) is 36.1 Å². The fraction of sp³-hybridized carbons (Fsp3) is 0.484. The molecular formula is C31H38N4O3. The number of benzene rings is 2. The summed E-state index contributed by atoms with van der Waals surface area (Å²) >= 11 is 0. The number of aromatic nitrogens is 1. The van der Waals surface area contributed by atoms with E-state index in [4.69, 9.17) is 4.74 Å². The Labute approximate surface area is 224 Å². The van der Waals surface area contributed by atoms with Gasteiger partial charge in [0.2, 0.25) is 0 Å². The summed E-state index contributed by atoms with van der Waals surface area (Å²) in [6.45, 7) is 7.83. The molecule has 2 fully saturated rings. The fourth-order valence-electron chi connectivity index (χ4n) is 6.74. The van der Waals surface area contributed by atoms with Gasteiger partial charge in [-0.25, -0.2) is 4.79 Å². The molecule has 0 spiro atoms. The molecule has 0 saturated carbocycles. The largest absolute Gasteiger partial charge is 0.494 e. The zero-order chi connectivity index (χ0) is 26.3. The number of amides is 3. The van der Waals surface area contributed by atoms with E-state index in [0.717, 1.165) is 53.1 Å². The van der Waals surface area contributed by atoms with Crippen LogP contribution < -0.4 is 4.74 Å². The normalized spacial score (nSPS) is 24.0. The Balaban J connectivity index is 1.37. The van der Waals surface area contributed by atoms with Crippen molar-refractivity contribution >= 4 is 22.8 Å². The number of urea groups is 1. The Hall–Kier alpha value is -3.32. The molecule has 200 valence electrons. The number of ether oxygens (including phenoxy) is 1. The third-order valence-corrected chi connectivity index (χ3v) is 8.67. The maximum atomic E-state index is 14.1. The van der Waals surface area contributed by atoms with Crippen molar-refractivity contribution in [3.8, 4) is 5.75 Å². The van der Waals surface area contributed by atoms with Crippen LogP contribution in [0.25, 0.3) is 10.9 Å². The number of likely N-dealkylation sites (tertiary alicyclic amines) is 1. The van der Waals surface area contributed by atoms with Crippen LogP contribution in [0.5, 0.6) is 5.75 Å². The van der Waals surface area contributed by atoms with E-state index in [1.165, 1.54) is 30.6 Å². The van der Waals surface area contributed by atoms with Gasteiger partial charge < -0.3 is 19.5 Å². The molecule has 7 heteroatoms. The van der Waals surface area contributed by atoms with Gasteiger partial charge in [0.05, 0.1) is 12.6 Å². The quantitative estimate of drug-likeness (QED) is 0.434. The van der Waals surface area contributed by atoms with Crippen LogP contribution in [0.1, 0.15) is 62.4 Å². The number of nitrogens with zero attached hydrogens (tertiary/aromatic N) is 3. The lowest BCUT2D eigenvalue weighted by molar-refractivity contribution is -0.133. The first-order chi connectivity index (χ1) is 18.5. The van der Waals surface area contributed by atoms with E-state index in [1.807, 2.05) is 49.1 Å². The molecule has 3 aliphatic heterocycles. The van der Waals surface area contributed by atoms with Gasteiger partial charge in [0.1, 0.15) is 11.3 Å². The molecule has 7 nitrogen and oxygen atoms in total. The predicted octanol–water partition coefficient (Wildman–Crippen LogP) is 5.31. The van der Waals surface area contributed by atoms with Crippen molar-refractivity contribution in [1.29, 1.82) is 0 Å². The average Bonchev–Trinajstić information content (AvgIpc) is 3.19. The van der Waals surface area contributed by atoms with Crippen LogP contribution in [0.4, 0.5) is 4.79 Å². The Morgan fingerprint density at radius 1 is 1.00 bits per heavy atom. The van der Waals surface area contributed by atoms with Crippen LogP contribution in [-0.4, -0.2) is 69.9 Å². The van der Waals surface area contributed by atoms with E-state index >= 15 is 0 Å². The van der Waals surface area contributed by atoms with Crippen LogP contribution in [-0.2, 0) is 17.6 Å². The molecule has 0 bridgehead atoms. The minimum absolute atomic E-state index is 0.0728. The lowest BCUT2D eigenvalue weighted by atomic mass is 9.81. The Kier molecular flexibility index (Phi) is 6.64. The van der Waals surface area contributed by atoms with Gasteiger partial charge in [-0.2, -0.15) is 0 Å². The third kappa shape index (κ3) is 4.27. The molecule has 3 aliphatic rings. The third-order valence-electron chi connectivity index (χ3n) is 8.67. The summed E-state index contributed by atoms with van der Waals surface area (Å²) in [6.07, 6.45) is 6.05. The molecule has 2 saturated heterocycles. The van der Waals surface area contributed by atoms with Crippen molar-refractivity contribution in [2.75, 3.05) is 32.8 Å². The van der Waals surface area contributed by atoms with Crippen LogP contribution in [0.2, 0.25) is 0 Å². The SMILES string of the molecule is CCOc1ccc2[nH]c3c(c2c1)C[C@@]1(C)C(=O)N(CCN2CCCCCC2)C(=O)N1C3Cc1ccccc1. The Morgan fingerprint density at radius 2 is 1.76 bits per heavy atom. The second kappa shape index (κ2) is 10.1. The topological polar surface area (TPSA) is 68.9 Å². The summed E-state index contributed by atoms with van der Waals surface area (Å²) in [6, 6.07) is 15.9. The molecule has 2 atom stereocenters. The number of fused-ring (bicyclic) bond motifs is 4. The van der Waals surface area contributed by atoms with Crippen molar-refractivity contribution in [2.45, 2.75) is 64.0 Å². The number of hydrogen-bond donors (Lipinski definition) is 1. The highest BCUT2D eigenvalue weighted by atomic mass is 16.5. The second-order valence-electron chi connectivity index (χ2n) is 11.2. The minimum atomic E-state index is -0.918. The van der Waals surface area contributed by atoms with Crippen molar-refractivity contribution in [3.63, 3.8) is 0 Å². The summed E-state index contributed by atoms with van der Waals surface area (Å²) in [5.41, 5.74) is 3.39. The molecule has 6 rings (SSSR count). The van der Waals surface area contributed by atoms with E-state index in [1.54, 1.807) is 0 Å². The molecule has 1 aromatic heterocycles. The summed E-state index contributed by atoms with van der Waals surface area (Å²) in [7, 11) is 0. The Bertz CT molecular complexity index is 1330. The van der Waals surface area contributed by atoms with Gasteiger partial charge in [-0.05, 0) is 75.5 Å². The molecule has 38 heavy (non-hydrogen) atoms. The highest BCUT2D eigenvalue weighted by Gasteiger charge is 2.59. The smallest absolute Gasteiger partial charge is 0.328 e. The van der Waals surface area contributed by atoms with Crippen molar-refractivity contribution in [1.82, 2.24) is 19.7 Å². The second-order valence-corrected chi connectivity index (χ2v) is 11.2. The van der Waals surface area contributed by atoms with Crippen LogP contribution in [0.3, 0.4) is 0 Å². The number of hydrogen-bond acceptors (Lipinski definition) is 4. The number of rotatable bonds is 7. The average molecular weight is 515 g/mol. The zero-order valence-corrected chi connectivity index (χ0v) is 22.5. The van der Waals surface area contributed by atoms with Gasteiger partial charge in [0.25, 0.3) is 5.91 Å². The van der Waals surface area contributed by atoms with Crippen LogP contribution in [0.15, 0.2) is 48.5 Å². The van der Waals surface area contributed by atoms with Gasteiger partial charge >= 0.3 is 6.03 Å². The van der Waals surface area contributed by atoms with Crippen molar-refractivity contribution in [3.05, 3.63) is 65.4 Å². The van der Waals surface area contributed by atoms with E-state index in [9.17, 15) is 9.59 Å². The number of carbonyl (C=O) groups is 2.